The van der Waals surface area contributed by atoms with Gasteiger partial charge in [0, 0.05) is 12.6 Å². The number of hydrogen-bond donors (Lipinski definition) is 0. The van der Waals surface area contributed by atoms with Crippen molar-refractivity contribution in [3.8, 4) is 5.75 Å². The maximum Gasteiger partial charge on any atom is 0.243 e. The lowest BCUT2D eigenvalue weighted by molar-refractivity contribution is 0.330. The Kier molecular flexibility index (Phi) is 5.79. The molecule has 0 aromatic heterocycles. The quantitative estimate of drug-likeness (QED) is 0.711. The lowest BCUT2D eigenvalue weighted by atomic mass is 10.0. The summed E-state index contributed by atoms with van der Waals surface area (Å²) in [6, 6.07) is 14.5. The Bertz CT molecular complexity index is 855. The third-order valence-electron chi connectivity index (χ3n) is 4.72. The van der Waals surface area contributed by atoms with Crippen molar-refractivity contribution in [1.29, 1.82) is 0 Å². The zero-order valence-corrected chi connectivity index (χ0v) is 16.1. The maximum atomic E-state index is 13.3. The number of sulfonamides is 1. The highest BCUT2D eigenvalue weighted by Gasteiger charge is 2.30. The number of rotatable bonds is 6. The molecule has 0 heterocycles. The van der Waals surface area contributed by atoms with Crippen LogP contribution in [0.25, 0.3) is 0 Å². The molecule has 4 nitrogen and oxygen atoms in total. The summed E-state index contributed by atoms with van der Waals surface area (Å²) in [6.07, 6.45) is 6.97. The van der Waals surface area contributed by atoms with Crippen LogP contribution < -0.4 is 4.74 Å². The summed E-state index contributed by atoms with van der Waals surface area (Å²) >= 11 is 0. The van der Waals surface area contributed by atoms with E-state index in [4.69, 9.17) is 4.74 Å². The van der Waals surface area contributed by atoms with Crippen LogP contribution in [0.3, 0.4) is 0 Å². The van der Waals surface area contributed by atoms with Gasteiger partial charge in [0.15, 0.2) is 0 Å². The topological polar surface area (TPSA) is 46.6 Å². The lowest BCUT2D eigenvalue weighted by Crippen LogP contribution is -2.39. The van der Waals surface area contributed by atoms with Gasteiger partial charge in [-0.15, -0.1) is 0 Å². The van der Waals surface area contributed by atoms with Crippen LogP contribution in [-0.2, 0) is 16.6 Å². The smallest absolute Gasteiger partial charge is 0.243 e. The number of aryl methyl sites for hydroxylation is 1. The Labute approximate surface area is 156 Å². The van der Waals surface area contributed by atoms with E-state index >= 15 is 0 Å². The molecule has 0 bridgehead atoms. The van der Waals surface area contributed by atoms with Gasteiger partial charge in [-0.05, 0) is 56.0 Å². The number of allylic oxidation sites excluding steroid dienone is 1. The van der Waals surface area contributed by atoms with Crippen LogP contribution in [0.5, 0.6) is 5.75 Å². The van der Waals surface area contributed by atoms with Gasteiger partial charge in [-0.3, -0.25) is 0 Å². The zero-order valence-electron chi connectivity index (χ0n) is 15.3. The second-order valence-electron chi connectivity index (χ2n) is 6.64. The third-order valence-corrected chi connectivity index (χ3v) is 6.61. The van der Waals surface area contributed by atoms with E-state index in [2.05, 4.69) is 6.08 Å². The molecule has 0 fully saturated rings. The van der Waals surface area contributed by atoms with Crippen molar-refractivity contribution in [3.05, 3.63) is 71.8 Å². The number of hydrogen-bond acceptors (Lipinski definition) is 3. The van der Waals surface area contributed by atoms with Crippen LogP contribution in [0.2, 0.25) is 0 Å². The molecule has 1 aliphatic rings. The predicted octanol–water partition coefficient (Wildman–Crippen LogP) is 4.30. The van der Waals surface area contributed by atoms with Crippen LogP contribution >= 0.6 is 0 Å². The molecule has 0 radical (unpaired) electrons. The van der Waals surface area contributed by atoms with E-state index in [0.29, 0.717) is 11.4 Å². The van der Waals surface area contributed by atoms with Gasteiger partial charge in [0.2, 0.25) is 10.0 Å². The minimum Gasteiger partial charge on any atom is -0.497 e. The monoisotopic (exact) mass is 371 g/mol. The van der Waals surface area contributed by atoms with Crippen LogP contribution in [-0.4, -0.2) is 25.9 Å². The Morgan fingerprint density at radius 1 is 1.08 bits per heavy atom. The summed E-state index contributed by atoms with van der Waals surface area (Å²) in [7, 11) is -1.96. The van der Waals surface area contributed by atoms with E-state index in [9.17, 15) is 8.42 Å². The van der Waals surface area contributed by atoms with Gasteiger partial charge in [-0.2, -0.15) is 4.31 Å². The van der Waals surface area contributed by atoms with Crippen molar-refractivity contribution in [1.82, 2.24) is 4.31 Å². The Morgan fingerprint density at radius 2 is 1.77 bits per heavy atom. The normalized spacial score (nSPS) is 17.4. The number of ether oxygens (including phenoxy) is 1. The Hall–Kier alpha value is -2.11. The van der Waals surface area contributed by atoms with Crippen molar-refractivity contribution in [2.45, 2.75) is 43.7 Å². The van der Waals surface area contributed by atoms with Crippen LogP contribution in [0.4, 0.5) is 0 Å². The van der Waals surface area contributed by atoms with Gasteiger partial charge >= 0.3 is 0 Å². The van der Waals surface area contributed by atoms with Gasteiger partial charge < -0.3 is 4.74 Å². The zero-order chi connectivity index (χ0) is 18.6. The standard InChI is InChI=1S/C21H25NO3S/c1-17-8-14-21(15-9-17)26(23,24)22(19-6-4-3-5-7-19)16-18-10-12-20(25-2)13-11-18/h4,6,8-15,19H,3,5,7,16H2,1-2H3. The molecule has 0 amide bonds. The number of benzene rings is 2. The highest BCUT2D eigenvalue weighted by molar-refractivity contribution is 7.89. The van der Waals surface area contributed by atoms with E-state index in [1.165, 1.54) is 0 Å². The van der Waals surface area contributed by atoms with Crippen LogP contribution in [0, 0.1) is 6.92 Å². The molecule has 3 rings (SSSR count). The first kappa shape index (κ1) is 18.7. The molecule has 0 aliphatic heterocycles. The fourth-order valence-corrected chi connectivity index (χ4v) is 4.77. The molecule has 1 unspecified atom stereocenters. The van der Waals surface area contributed by atoms with Gasteiger partial charge in [0.1, 0.15) is 5.75 Å². The average Bonchev–Trinajstić information content (AvgIpc) is 2.67. The molecule has 5 heteroatoms. The number of nitrogens with zero attached hydrogens (tertiary/aromatic N) is 1. The highest BCUT2D eigenvalue weighted by Crippen LogP contribution is 2.27. The maximum absolute atomic E-state index is 13.3. The minimum atomic E-state index is -3.58. The van der Waals surface area contributed by atoms with Crippen molar-refractivity contribution >= 4 is 10.0 Å². The molecule has 0 saturated heterocycles. The fourth-order valence-electron chi connectivity index (χ4n) is 3.17. The Balaban J connectivity index is 1.95. The third kappa shape index (κ3) is 4.17. The summed E-state index contributed by atoms with van der Waals surface area (Å²) in [5, 5.41) is 0. The lowest BCUT2D eigenvalue weighted by Gasteiger charge is -2.31. The summed E-state index contributed by atoms with van der Waals surface area (Å²) < 4.78 is 33.5. The van der Waals surface area contributed by atoms with Gasteiger partial charge in [-0.1, -0.05) is 42.0 Å². The van der Waals surface area contributed by atoms with Crippen molar-refractivity contribution in [2.24, 2.45) is 0 Å². The predicted molar refractivity (Wildman–Crippen MR) is 104 cm³/mol. The first-order valence-electron chi connectivity index (χ1n) is 8.89. The molecule has 0 saturated carbocycles. The molecule has 2 aromatic rings. The van der Waals surface area contributed by atoms with Crippen molar-refractivity contribution < 1.29 is 13.2 Å². The molecule has 2 aromatic carbocycles. The van der Waals surface area contributed by atoms with Gasteiger partial charge in [0.25, 0.3) is 0 Å². The molecular weight excluding hydrogens is 346 g/mol. The molecule has 26 heavy (non-hydrogen) atoms. The molecule has 138 valence electrons. The Morgan fingerprint density at radius 3 is 2.35 bits per heavy atom. The van der Waals surface area contributed by atoms with E-state index in [1.807, 2.05) is 49.4 Å². The molecule has 0 N–H and O–H groups in total. The minimum absolute atomic E-state index is 0.114. The SMILES string of the molecule is COc1ccc(CN(C2C=CCCC2)S(=O)(=O)c2ccc(C)cc2)cc1. The second kappa shape index (κ2) is 8.06. The summed E-state index contributed by atoms with van der Waals surface area (Å²) in [6.45, 7) is 2.30. The summed E-state index contributed by atoms with van der Waals surface area (Å²) in [5.74, 6) is 0.763. The van der Waals surface area contributed by atoms with E-state index in [1.54, 1.807) is 23.5 Å². The van der Waals surface area contributed by atoms with E-state index < -0.39 is 10.0 Å². The molecule has 1 aliphatic carbocycles. The van der Waals surface area contributed by atoms with Crippen LogP contribution in [0.1, 0.15) is 30.4 Å². The van der Waals surface area contributed by atoms with Crippen molar-refractivity contribution in [3.63, 3.8) is 0 Å². The summed E-state index contributed by atoms with van der Waals surface area (Å²) in [5.41, 5.74) is 1.99. The largest absolute Gasteiger partial charge is 0.497 e. The second-order valence-corrected chi connectivity index (χ2v) is 8.53. The van der Waals surface area contributed by atoms with E-state index in [-0.39, 0.29) is 6.04 Å². The fraction of sp³-hybridized carbons (Fsp3) is 0.333. The molecule has 1 atom stereocenters. The highest BCUT2D eigenvalue weighted by atomic mass is 32.2. The van der Waals surface area contributed by atoms with Crippen molar-refractivity contribution in [2.75, 3.05) is 7.11 Å². The summed E-state index contributed by atoms with van der Waals surface area (Å²) in [4.78, 5) is 0.343. The van der Waals surface area contributed by atoms with E-state index in [0.717, 1.165) is 36.1 Å². The average molecular weight is 372 g/mol. The van der Waals surface area contributed by atoms with Gasteiger partial charge in [-0.25, -0.2) is 8.42 Å². The number of methoxy groups -OCH3 is 1. The first-order valence-corrected chi connectivity index (χ1v) is 10.3. The molecule has 0 spiro atoms. The molecular formula is C21H25NO3S. The van der Waals surface area contributed by atoms with Crippen LogP contribution in [0.15, 0.2) is 65.6 Å². The first-order chi connectivity index (χ1) is 12.5. The van der Waals surface area contributed by atoms with Gasteiger partial charge in [0.05, 0.1) is 12.0 Å².